The minimum atomic E-state index is -0.675. The van der Waals surface area contributed by atoms with Gasteiger partial charge in [0.05, 0.1) is 31.1 Å². The predicted molar refractivity (Wildman–Crippen MR) is 84.0 cm³/mol. The predicted octanol–water partition coefficient (Wildman–Crippen LogP) is 0.544. The Labute approximate surface area is 140 Å². The standard InChI is InChI=1S/C15H15BrN2O5/c1-23-15(22)11-5-8(19)6-17(11)7-18-12-9(13(20)14(18)21)3-2-4-10(12)16/h2-4,8,11,19H,5-7H2,1H3/t8-,11-/m0/s1. The molecular formula is C15H15BrN2O5. The summed E-state index contributed by atoms with van der Waals surface area (Å²) >= 11 is 3.36. The summed E-state index contributed by atoms with van der Waals surface area (Å²) in [6, 6.07) is 4.39. The molecular weight excluding hydrogens is 368 g/mol. The van der Waals surface area contributed by atoms with Gasteiger partial charge in [-0.2, -0.15) is 0 Å². The molecule has 1 aromatic carbocycles. The number of amides is 1. The van der Waals surface area contributed by atoms with E-state index in [1.165, 1.54) is 12.0 Å². The number of anilines is 1. The molecule has 0 aliphatic carbocycles. The average Bonchev–Trinajstić information content (AvgIpc) is 3.01. The van der Waals surface area contributed by atoms with E-state index in [9.17, 15) is 19.5 Å². The number of aliphatic hydroxyl groups is 1. The third kappa shape index (κ3) is 2.66. The Bertz CT molecular complexity index is 692. The number of ketones is 1. The van der Waals surface area contributed by atoms with Crippen LogP contribution in [0.1, 0.15) is 16.8 Å². The summed E-state index contributed by atoms with van der Waals surface area (Å²) in [5.41, 5.74) is 0.825. The quantitative estimate of drug-likeness (QED) is 0.606. The van der Waals surface area contributed by atoms with Gasteiger partial charge < -0.3 is 9.84 Å². The number of methoxy groups -OCH3 is 1. The summed E-state index contributed by atoms with van der Waals surface area (Å²) in [5.74, 6) is -1.68. The summed E-state index contributed by atoms with van der Waals surface area (Å²) in [7, 11) is 1.28. The number of esters is 1. The van der Waals surface area contributed by atoms with Crippen LogP contribution in [0, 0.1) is 0 Å². The average molecular weight is 383 g/mol. The highest BCUT2D eigenvalue weighted by atomic mass is 79.9. The second kappa shape index (κ2) is 6.03. The van der Waals surface area contributed by atoms with Crippen molar-refractivity contribution in [1.29, 1.82) is 0 Å². The van der Waals surface area contributed by atoms with Gasteiger partial charge in [-0.25, -0.2) is 0 Å². The fourth-order valence-corrected chi connectivity index (χ4v) is 3.63. The third-order valence-corrected chi connectivity index (χ3v) is 4.76. The number of likely N-dealkylation sites (tertiary alicyclic amines) is 1. The Morgan fingerprint density at radius 2 is 2.17 bits per heavy atom. The number of aliphatic hydroxyl groups excluding tert-OH is 1. The second-order valence-corrected chi connectivity index (χ2v) is 6.39. The highest BCUT2D eigenvalue weighted by Crippen LogP contribution is 2.36. The lowest BCUT2D eigenvalue weighted by Gasteiger charge is -2.28. The van der Waals surface area contributed by atoms with Gasteiger partial charge in [-0.3, -0.25) is 24.2 Å². The lowest BCUT2D eigenvalue weighted by Crippen LogP contribution is -2.46. The molecule has 0 radical (unpaired) electrons. The van der Waals surface area contributed by atoms with Gasteiger partial charge in [-0.15, -0.1) is 0 Å². The topological polar surface area (TPSA) is 87.2 Å². The normalized spacial score (nSPS) is 24.2. The van der Waals surface area contributed by atoms with Gasteiger partial charge in [-0.1, -0.05) is 6.07 Å². The van der Waals surface area contributed by atoms with E-state index < -0.39 is 29.8 Å². The Kier molecular flexibility index (Phi) is 4.22. The number of nitrogens with zero attached hydrogens (tertiary/aromatic N) is 2. The van der Waals surface area contributed by atoms with E-state index in [4.69, 9.17) is 4.74 Å². The minimum absolute atomic E-state index is 0.0387. The van der Waals surface area contributed by atoms with E-state index in [1.54, 1.807) is 23.1 Å². The molecule has 8 heteroatoms. The number of rotatable bonds is 3. The maximum atomic E-state index is 12.3. The fraction of sp³-hybridized carbons (Fsp3) is 0.400. The number of β-amino-alcohol motifs (C(OH)–C–C–N with tert-alkyl or cyclic N) is 1. The molecule has 2 heterocycles. The van der Waals surface area contributed by atoms with E-state index >= 15 is 0 Å². The summed E-state index contributed by atoms with van der Waals surface area (Å²) < 4.78 is 5.38. The van der Waals surface area contributed by atoms with E-state index in [0.29, 0.717) is 15.7 Å². The van der Waals surface area contributed by atoms with Crippen LogP contribution >= 0.6 is 15.9 Å². The van der Waals surface area contributed by atoms with Gasteiger partial charge in [0.25, 0.3) is 5.78 Å². The maximum absolute atomic E-state index is 12.3. The molecule has 7 nitrogen and oxygen atoms in total. The Balaban J connectivity index is 1.90. The SMILES string of the molecule is COC(=O)[C@@H]1C[C@H](O)CN1CN1C(=O)C(=O)c2cccc(Br)c21. The van der Waals surface area contributed by atoms with Crippen molar-refractivity contribution in [1.82, 2.24) is 4.90 Å². The second-order valence-electron chi connectivity index (χ2n) is 5.54. The molecule has 23 heavy (non-hydrogen) atoms. The minimum Gasteiger partial charge on any atom is -0.468 e. The highest BCUT2D eigenvalue weighted by molar-refractivity contribution is 9.10. The fourth-order valence-electron chi connectivity index (χ4n) is 3.05. The van der Waals surface area contributed by atoms with Crippen LogP contribution in [0.5, 0.6) is 0 Å². The molecule has 1 fully saturated rings. The van der Waals surface area contributed by atoms with E-state index in [1.807, 2.05) is 0 Å². The summed E-state index contributed by atoms with van der Waals surface area (Å²) in [4.78, 5) is 39.2. The molecule has 1 N–H and O–H groups in total. The number of fused-ring (bicyclic) bond motifs is 1. The Morgan fingerprint density at radius 3 is 2.87 bits per heavy atom. The molecule has 1 amide bonds. The highest BCUT2D eigenvalue weighted by Gasteiger charge is 2.42. The van der Waals surface area contributed by atoms with Crippen molar-refractivity contribution in [3.05, 3.63) is 28.2 Å². The first kappa shape index (κ1) is 16.1. The van der Waals surface area contributed by atoms with Crippen molar-refractivity contribution in [3.63, 3.8) is 0 Å². The van der Waals surface area contributed by atoms with Gasteiger partial charge >= 0.3 is 11.9 Å². The monoisotopic (exact) mass is 382 g/mol. The summed E-state index contributed by atoms with van der Waals surface area (Å²) in [6.07, 6.45) is -0.433. The first-order valence-electron chi connectivity index (χ1n) is 7.08. The Morgan fingerprint density at radius 1 is 1.43 bits per heavy atom. The van der Waals surface area contributed by atoms with Crippen LogP contribution in [0.3, 0.4) is 0 Å². The van der Waals surface area contributed by atoms with Gasteiger partial charge in [0.15, 0.2) is 0 Å². The van der Waals surface area contributed by atoms with Crippen LogP contribution in [0.15, 0.2) is 22.7 Å². The van der Waals surface area contributed by atoms with Crippen LogP contribution in [-0.2, 0) is 14.3 Å². The zero-order valence-corrected chi connectivity index (χ0v) is 13.9. The number of benzene rings is 1. The van der Waals surface area contributed by atoms with Gasteiger partial charge in [0, 0.05) is 17.4 Å². The first-order chi connectivity index (χ1) is 10.9. The summed E-state index contributed by atoms with van der Waals surface area (Å²) in [5, 5.41) is 9.83. The zero-order valence-electron chi connectivity index (χ0n) is 12.4. The van der Waals surface area contributed by atoms with Crippen LogP contribution in [-0.4, -0.2) is 60.1 Å². The smallest absolute Gasteiger partial charge is 0.323 e. The van der Waals surface area contributed by atoms with E-state index in [-0.39, 0.29) is 19.6 Å². The summed E-state index contributed by atoms with van der Waals surface area (Å²) in [6.45, 7) is 0.272. The largest absolute Gasteiger partial charge is 0.468 e. The molecule has 0 spiro atoms. The number of ether oxygens (including phenoxy) is 1. The van der Waals surface area contributed by atoms with E-state index in [0.717, 1.165) is 0 Å². The van der Waals surface area contributed by atoms with Crippen LogP contribution in [0.2, 0.25) is 0 Å². The molecule has 0 aromatic heterocycles. The van der Waals surface area contributed by atoms with Gasteiger partial charge in [0.2, 0.25) is 0 Å². The number of hydrogen-bond acceptors (Lipinski definition) is 6. The van der Waals surface area contributed by atoms with Crippen molar-refractivity contribution >= 4 is 39.3 Å². The molecule has 2 aliphatic heterocycles. The van der Waals surface area contributed by atoms with Crippen LogP contribution in [0.4, 0.5) is 5.69 Å². The van der Waals surface area contributed by atoms with Crippen molar-refractivity contribution in [3.8, 4) is 0 Å². The number of carbonyl (C=O) groups excluding carboxylic acids is 3. The van der Waals surface area contributed by atoms with Crippen molar-refractivity contribution < 1.29 is 24.2 Å². The maximum Gasteiger partial charge on any atom is 0.323 e. The number of Topliss-reactive ketones (excluding diaryl/α,β-unsaturated/α-hetero) is 1. The zero-order chi connectivity index (χ0) is 16.7. The van der Waals surface area contributed by atoms with Crippen LogP contribution in [0.25, 0.3) is 0 Å². The lowest BCUT2D eigenvalue weighted by molar-refractivity contribution is -0.146. The Hall–Kier alpha value is -1.77. The molecule has 2 aliphatic rings. The molecule has 0 bridgehead atoms. The van der Waals surface area contributed by atoms with Crippen molar-refractivity contribution in [2.75, 3.05) is 25.2 Å². The number of hydrogen-bond donors (Lipinski definition) is 1. The van der Waals surface area contributed by atoms with E-state index in [2.05, 4.69) is 15.9 Å². The van der Waals surface area contributed by atoms with Crippen molar-refractivity contribution in [2.24, 2.45) is 0 Å². The molecule has 1 aromatic rings. The van der Waals surface area contributed by atoms with Crippen molar-refractivity contribution in [2.45, 2.75) is 18.6 Å². The number of halogens is 1. The third-order valence-electron chi connectivity index (χ3n) is 4.12. The molecule has 1 saturated heterocycles. The van der Waals surface area contributed by atoms with Gasteiger partial charge in [0.1, 0.15) is 6.04 Å². The molecule has 0 unspecified atom stereocenters. The number of carbonyl (C=O) groups is 3. The molecule has 0 saturated carbocycles. The molecule has 2 atom stereocenters. The van der Waals surface area contributed by atoms with Gasteiger partial charge in [-0.05, 0) is 28.1 Å². The lowest BCUT2D eigenvalue weighted by atomic mass is 10.1. The first-order valence-corrected chi connectivity index (χ1v) is 7.88. The van der Waals surface area contributed by atoms with Crippen LogP contribution < -0.4 is 4.90 Å². The molecule has 122 valence electrons. The number of para-hydroxylation sites is 1. The molecule has 3 rings (SSSR count).